The SMILES string of the molecule is CC(CCCNc1ccc2oc(=O)ccc2c1)CNS(=O)(=O)C(C)C. The summed E-state index contributed by atoms with van der Waals surface area (Å²) < 4.78 is 31.2. The van der Waals surface area contributed by atoms with Gasteiger partial charge in [-0.2, -0.15) is 0 Å². The predicted octanol–water partition coefficient (Wildman–Crippen LogP) is 2.95. The molecule has 0 aliphatic rings. The Balaban J connectivity index is 1.75. The Kier molecular flexibility index (Phi) is 6.61. The minimum absolute atomic E-state index is 0.279. The van der Waals surface area contributed by atoms with Crippen LogP contribution in [0.1, 0.15) is 33.6 Å². The second-order valence-electron chi connectivity index (χ2n) is 6.62. The number of benzene rings is 1. The summed E-state index contributed by atoms with van der Waals surface area (Å²) in [5.41, 5.74) is 1.19. The summed E-state index contributed by atoms with van der Waals surface area (Å²) in [6.45, 7) is 6.65. The monoisotopic (exact) mass is 366 g/mol. The molecule has 2 N–H and O–H groups in total. The molecule has 1 atom stereocenters. The Bertz CT molecular complexity index is 859. The molecule has 7 heteroatoms. The van der Waals surface area contributed by atoms with Gasteiger partial charge in [-0.25, -0.2) is 17.9 Å². The number of fused-ring (bicyclic) bond motifs is 1. The van der Waals surface area contributed by atoms with Crippen molar-refractivity contribution in [3.63, 3.8) is 0 Å². The highest BCUT2D eigenvalue weighted by molar-refractivity contribution is 7.90. The van der Waals surface area contributed by atoms with Gasteiger partial charge in [0.15, 0.2) is 0 Å². The van der Waals surface area contributed by atoms with Gasteiger partial charge in [-0.3, -0.25) is 0 Å². The lowest BCUT2D eigenvalue weighted by Gasteiger charge is -2.15. The van der Waals surface area contributed by atoms with E-state index in [2.05, 4.69) is 10.0 Å². The normalized spacial score (nSPS) is 13.3. The Labute approximate surface area is 148 Å². The van der Waals surface area contributed by atoms with Gasteiger partial charge in [0.1, 0.15) is 5.58 Å². The third-order valence-corrected chi connectivity index (χ3v) is 5.89. The molecule has 1 unspecified atom stereocenters. The first-order chi connectivity index (χ1) is 11.8. The molecule has 0 saturated heterocycles. The van der Waals surface area contributed by atoms with Gasteiger partial charge in [-0.1, -0.05) is 6.92 Å². The van der Waals surface area contributed by atoms with Gasteiger partial charge in [-0.15, -0.1) is 0 Å². The lowest BCUT2D eigenvalue weighted by Crippen LogP contribution is -2.34. The Morgan fingerprint density at radius 1 is 1.12 bits per heavy atom. The fraction of sp³-hybridized carbons (Fsp3) is 0.500. The Hall–Kier alpha value is -1.86. The molecule has 138 valence electrons. The molecular formula is C18H26N2O4S. The topological polar surface area (TPSA) is 88.4 Å². The van der Waals surface area contributed by atoms with Crippen LogP contribution < -0.4 is 15.7 Å². The summed E-state index contributed by atoms with van der Waals surface area (Å²) in [6.07, 6.45) is 1.86. The van der Waals surface area contributed by atoms with Crippen LogP contribution in [0.2, 0.25) is 0 Å². The maximum Gasteiger partial charge on any atom is 0.336 e. The van der Waals surface area contributed by atoms with Crippen molar-refractivity contribution < 1.29 is 12.8 Å². The molecule has 0 saturated carbocycles. The summed E-state index contributed by atoms with van der Waals surface area (Å²) >= 11 is 0. The molecule has 1 heterocycles. The van der Waals surface area contributed by atoms with Crippen LogP contribution in [0.25, 0.3) is 11.0 Å². The second-order valence-corrected chi connectivity index (χ2v) is 8.94. The average Bonchev–Trinajstić information content (AvgIpc) is 2.57. The molecule has 0 aliphatic heterocycles. The van der Waals surface area contributed by atoms with Gasteiger partial charge < -0.3 is 9.73 Å². The molecule has 0 aliphatic carbocycles. The summed E-state index contributed by atoms with van der Waals surface area (Å²) in [6, 6.07) is 8.76. The van der Waals surface area contributed by atoms with E-state index in [1.165, 1.54) is 6.07 Å². The van der Waals surface area contributed by atoms with Crippen LogP contribution in [-0.2, 0) is 10.0 Å². The Morgan fingerprint density at radius 2 is 1.88 bits per heavy atom. The summed E-state index contributed by atoms with van der Waals surface area (Å²) in [5, 5.41) is 3.81. The van der Waals surface area contributed by atoms with Crippen LogP contribution in [0.3, 0.4) is 0 Å². The van der Waals surface area contributed by atoms with Crippen LogP contribution in [0, 0.1) is 5.92 Å². The molecule has 25 heavy (non-hydrogen) atoms. The zero-order valence-corrected chi connectivity index (χ0v) is 15.7. The zero-order chi connectivity index (χ0) is 18.4. The standard InChI is InChI=1S/C18H26N2O4S/c1-13(2)25(22,23)20-12-14(3)5-4-10-19-16-7-8-17-15(11-16)6-9-18(21)24-17/h6-9,11,13-14,19-20H,4-5,10,12H2,1-3H3. The highest BCUT2D eigenvalue weighted by atomic mass is 32.2. The lowest BCUT2D eigenvalue weighted by molar-refractivity contribution is 0.497. The van der Waals surface area contributed by atoms with E-state index < -0.39 is 15.3 Å². The van der Waals surface area contributed by atoms with Gasteiger partial charge in [0.2, 0.25) is 10.0 Å². The predicted molar refractivity (Wildman–Crippen MR) is 101 cm³/mol. The van der Waals surface area contributed by atoms with Crippen molar-refractivity contribution in [3.05, 3.63) is 40.8 Å². The molecule has 0 spiro atoms. The van der Waals surface area contributed by atoms with Crippen molar-refractivity contribution in [1.82, 2.24) is 4.72 Å². The fourth-order valence-corrected chi connectivity index (χ4v) is 3.24. The fourth-order valence-electron chi connectivity index (χ4n) is 2.39. The number of sulfonamides is 1. The Morgan fingerprint density at radius 3 is 2.60 bits per heavy atom. The van der Waals surface area contributed by atoms with Crippen molar-refractivity contribution >= 4 is 26.7 Å². The van der Waals surface area contributed by atoms with Gasteiger partial charge >= 0.3 is 5.63 Å². The van der Waals surface area contributed by atoms with E-state index in [1.54, 1.807) is 26.0 Å². The molecule has 2 rings (SSSR count). The molecular weight excluding hydrogens is 340 g/mol. The van der Waals surface area contributed by atoms with Gasteiger partial charge in [0.25, 0.3) is 0 Å². The van der Waals surface area contributed by atoms with E-state index in [0.717, 1.165) is 30.5 Å². The van der Waals surface area contributed by atoms with Crippen LogP contribution in [0.15, 0.2) is 39.5 Å². The van der Waals surface area contributed by atoms with E-state index in [9.17, 15) is 13.2 Å². The van der Waals surface area contributed by atoms with Crippen LogP contribution >= 0.6 is 0 Å². The van der Waals surface area contributed by atoms with E-state index >= 15 is 0 Å². The van der Waals surface area contributed by atoms with Crippen LogP contribution in [0.5, 0.6) is 0 Å². The minimum Gasteiger partial charge on any atom is -0.423 e. The minimum atomic E-state index is -3.19. The molecule has 2 aromatic rings. The van der Waals surface area contributed by atoms with Crippen molar-refractivity contribution in [1.29, 1.82) is 0 Å². The molecule has 1 aromatic carbocycles. The molecule has 0 radical (unpaired) electrons. The van der Waals surface area contributed by atoms with Crippen LogP contribution in [-0.4, -0.2) is 26.8 Å². The number of hydrogen-bond acceptors (Lipinski definition) is 5. The molecule has 6 nitrogen and oxygen atoms in total. The number of hydrogen-bond donors (Lipinski definition) is 2. The van der Waals surface area contributed by atoms with E-state index in [-0.39, 0.29) is 11.5 Å². The van der Waals surface area contributed by atoms with Crippen molar-refractivity contribution in [2.75, 3.05) is 18.4 Å². The van der Waals surface area contributed by atoms with Crippen LogP contribution in [0.4, 0.5) is 5.69 Å². The van der Waals surface area contributed by atoms with Crippen molar-refractivity contribution in [2.45, 2.75) is 38.9 Å². The molecule has 0 bridgehead atoms. The van der Waals surface area contributed by atoms with E-state index in [0.29, 0.717) is 12.1 Å². The molecule has 0 fully saturated rings. The van der Waals surface area contributed by atoms with Gasteiger partial charge in [0, 0.05) is 30.2 Å². The third-order valence-electron chi connectivity index (χ3n) is 4.08. The maximum absolute atomic E-state index is 11.7. The number of rotatable bonds is 9. The van der Waals surface area contributed by atoms with Crippen molar-refractivity contribution in [3.8, 4) is 0 Å². The first kappa shape index (κ1) is 19.5. The third kappa shape index (κ3) is 5.86. The largest absolute Gasteiger partial charge is 0.423 e. The summed E-state index contributed by atoms with van der Waals surface area (Å²) in [4.78, 5) is 11.2. The average molecular weight is 366 g/mol. The summed E-state index contributed by atoms with van der Waals surface area (Å²) in [5.74, 6) is 0.279. The lowest BCUT2D eigenvalue weighted by atomic mass is 10.1. The first-order valence-electron chi connectivity index (χ1n) is 8.54. The summed E-state index contributed by atoms with van der Waals surface area (Å²) in [7, 11) is -3.19. The highest BCUT2D eigenvalue weighted by Crippen LogP contribution is 2.18. The highest BCUT2D eigenvalue weighted by Gasteiger charge is 2.16. The maximum atomic E-state index is 11.7. The van der Waals surface area contributed by atoms with Crippen molar-refractivity contribution in [2.24, 2.45) is 5.92 Å². The van der Waals surface area contributed by atoms with Gasteiger partial charge in [-0.05, 0) is 56.9 Å². The number of anilines is 1. The second kappa shape index (κ2) is 8.49. The van der Waals surface area contributed by atoms with Gasteiger partial charge in [0.05, 0.1) is 5.25 Å². The molecule has 0 amide bonds. The quantitative estimate of drug-likeness (QED) is 0.526. The zero-order valence-electron chi connectivity index (χ0n) is 14.9. The van der Waals surface area contributed by atoms with E-state index in [1.807, 2.05) is 19.1 Å². The number of nitrogens with one attached hydrogen (secondary N) is 2. The first-order valence-corrected chi connectivity index (χ1v) is 10.1. The molecule has 1 aromatic heterocycles. The van der Waals surface area contributed by atoms with E-state index in [4.69, 9.17) is 4.42 Å². The smallest absolute Gasteiger partial charge is 0.336 e.